The van der Waals surface area contributed by atoms with Gasteiger partial charge in [0.15, 0.2) is 0 Å². The Morgan fingerprint density at radius 3 is 2.73 bits per heavy atom. The van der Waals surface area contributed by atoms with Crippen LogP contribution in [0.4, 0.5) is 11.4 Å². The largest absolute Gasteiger partial charge is 0.422 e. The van der Waals surface area contributed by atoms with E-state index in [1.165, 1.54) is 30.3 Å². The molecular weight excluding hydrogens is 336 g/mol. The van der Waals surface area contributed by atoms with Crippen LogP contribution < -0.4 is 10.9 Å². The molecular formula is C19H14N2O5. The maximum atomic E-state index is 12.4. The number of nitrogens with one attached hydrogen (secondary N) is 1. The summed E-state index contributed by atoms with van der Waals surface area (Å²) in [6.45, 7) is 3.67. The van der Waals surface area contributed by atoms with Gasteiger partial charge in [-0.2, -0.15) is 0 Å². The first-order valence-electron chi connectivity index (χ1n) is 7.72. The smallest absolute Gasteiger partial charge is 0.349 e. The Kier molecular flexibility index (Phi) is 4.62. The summed E-state index contributed by atoms with van der Waals surface area (Å²) < 4.78 is 5.32. The van der Waals surface area contributed by atoms with E-state index in [0.717, 1.165) is 5.56 Å². The fourth-order valence-electron chi connectivity index (χ4n) is 2.58. The highest BCUT2D eigenvalue weighted by Crippen LogP contribution is 2.21. The molecule has 7 nitrogen and oxygen atoms in total. The molecule has 1 heterocycles. The highest BCUT2D eigenvalue weighted by atomic mass is 16.6. The Hall–Kier alpha value is -3.74. The summed E-state index contributed by atoms with van der Waals surface area (Å²) in [4.78, 5) is 34.9. The summed E-state index contributed by atoms with van der Waals surface area (Å²) in [5, 5.41) is 13.9. The lowest BCUT2D eigenvalue weighted by molar-refractivity contribution is -0.384. The van der Waals surface area contributed by atoms with Crippen molar-refractivity contribution in [1.29, 1.82) is 0 Å². The highest BCUT2D eigenvalue weighted by Gasteiger charge is 2.16. The molecule has 0 fully saturated rings. The fourth-order valence-corrected chi connectivity index (χ4v) is 2.58. The van der Waals surface area contributed by atoms with Crippen molar-refractivity contribution < 1.29 is 14.1 Å². The first-order valence-corrected chi connectivity index (χ1v) is 7.72. The number of benzene rings is 2. The van der Waals surface area contributed by atoms with Gasteiger partial charge in [0.2, 0.25) is 0 Å². The lowest BCUT2D eigenvalue weighted by Crippen LogP contribution is -2.20. The minimum Gasteiger partial charge on any atom is -0.422 e. The summed E-state index contributed by atoms with van der Waals surface area (Å²) >= 11 is 0. The molecule has 0 saturated heterocycles. The second kappa shape index (κ2) is 7.02. The van der Waals surface area contributed by atoms with Crippen molar-refractivity contribution >= 4 is 28.3 Å². The quantitative estimate of drug-likeness (QED) is 0.327. The van der Waals surface area contributed by atoms with E-state index < -0.39 is 16.5 Å². The zero-order chi connectivity index (χ0) is 18.7. The van der Waals surface area contributed by atoms with Gasteiger partial charge in [-0.1, -0.05) is 30.3 Å². The molecule has 0 aliphatic heterocycles. The summed E-state index contributed by atoms with van der Waals surface area (Å²) in [7, 11) is 0. The lowest BCUT2D eigenvalue weighted by Gasteiger charge is -2.07. The monoisotopic (exact) mass is 350 g/mol. The number of nitrogens with zero attached hydrogens (tertiary/aromatic N) is 1. The Labute approximate surface area is 147 Å². The standard InChI is InChI=1S/C19H14N2O5/c1-2-5-12-6-3-7-13-10-16(19(23)26-17(12)13)18(22)20-14-8-4-9-15(11-14)21(24)25/h2-4,6-11H,1,5H2,(H,20,22). The molecule has 0 aliphatic rings. The topological polar surface area (TPSA) is 102 Å². The number of allylic oxidation sites excluding steroid dienone is 1. The number of non-ortho nitro benzene ring substituents is 1. The summed E-state index contributed by atoms with van der Waals surface area (Å²) in [5.41, 5.74) is 0.285. The van der Waals surface area contributed by atoms with Crippen LogP contribution in [0.5, 0.6) is 0 Å². The van der Waals surface area contributed by atoms with E-state index >= 15 is 0 Å². The zero-order valence-corrected chi connectivity index (χ0v) is 13.6. The summed E-state index contributed by atoms with van der Waals surface area (Å²) in [6, 6.07) is 12.2. The molecule has 26 heavy (non-hydrogen) atoms. The molecule has 0 saturated carbocycles. The van der Waals surface area contributed by atoms with Crippen molar-refractivity contribution in [1.82, 2.24) is 0 Å². The molecule has 0 aliphatic carbocycles. The van der Waals surface area contributed by atoms with Crippen LogP contribution in [-0.2, 0) is 6.42 Å². The molecule has 1 aromatic heterocycles. The van der Waals surface area contributed by atoms with Gasteiger partial charge in [-0.25, -0.2) is 4.79 Å². The van der Waals surface area contributed by atoms with Gasteiger partial charge < -0.3 is 9.73 Å². The number of carbonyl (C=O) groups excluding carboxylic acids is 1. The predicted octanol–water partition coefficient (Wildman–Crippen LogP) is 3.68. The van der Waals surface area contributed by atoms with Gasteiger partial charge in [-0.3, -0.25) is 14.9 Å². The van der Waals surface area contributed by atoms with E-state index in [1.807, 2.05) is 6.07 Å². The summed E-state index contributed by atoms with van der Waals surface area (Å²) in [5.74, 6) is -0.699. The molecule has 3 aromatic rings. The third kappa shape index (κ3) is 3.36. The first-order chi connectivity index (χ1) is 12.5. The van der Waals surface area contributed by atoms with Crippen LogP contribution in [0.2, 0.25) is 0 Å². The molecule has 1 N–H and O–H groups in total. The van der Waals surface area contributed by atoms with Crippen LogP contribution >= 0.6 is 0 Å². The predicted molar refractivity (Wildman–Crippen MR) is 97.4 cm³/mol. The van der Waals surface area contributed by atoms with Crippen molar-refractivity contribution in [3.05, 3.63) is 92.8 Å². The molecule has 0 atom stereocenters. The number of carbonyl (C=O) groups is 1. The minimum atomic E-state index is -0.781. The van der Waals surface area contributed by atoms with Gasteiger partial charge in [-0.15, -0.1) is 6.58 Å². The Morgan fingerprint density at radius 2 is 2.00 bits per heavy atom. The molecule has 0 bridgehead atoms. The number of anilines is 1. The third-order valence-electron chi connectivity index (χ3n) is 3.77. The van der Waals surface area contributed by atoms with Gasteiger partial charge in [0.1, 0.15) is 11.1 Å². The maximum Gasteiger partial charge on any atom is 0.349 e. The van der Waals surface area contributed by atoms with Crippen molar-refractivity contribution in [3.63, 3.8) is 0 Å². The first kappa shape index (κ1) is 17.1. The average molecular weight is 350 g/mol. The van der Waals surface area contributed by atoms with E-state index in [4.69, 9.17) is 4.42 Å². The molecule has 130 valence electrons. The Bertz CT molecular complexity index is 1080. The molecule has 7 heteroatoms. The van der Waals surface area contributed by atoms with Gasteiger partial charge in [0.25, 0.3) is 11.6 Å². The van der Waals surface area contributed by atoms with Crippen LogP contribution in [0.15, 0.2) is 70.4 Å². The number of rotatable bonds is 5. The highest BCUT2D eigenvalue weighted by molar-refractivity contribution is 6.05. The number of hydrogen-bond acceptors (Lipinski definition) is 5. The van der Waals surface area contributed by atoms with E-state index in [0.29, 0.717) is 17.4 Å². The van der Waals surface area contributed by atoms with Crippen LogP contribution in [-0.4, -0.2) is 10.8 Å². The summed E-state index contributed by atoms with van der Waals surface area (Å²) in [6.07, 6.45) is 2.22. The maximum absolute atomic E-state index is 12.4. The number of nitro groups is 1. The minimum absolute atomic E-state index is 0.164. The zero-order valence-electron chi connectivity index (χ0n) is 13.6. The van der Waals surface area contributed by atoms with E-state index in [9.17, 15) is 19.7 Å². The van der Waals surface area contributed by atoms with Crippen molar-refractivity contribution in [2.24, 2.45) is 0 Å². The van der Waals surface area contributed by atoms with Crippen LogP contribution in [0.3, 0.4) is 0 Å². The van der Waals surface area contributed by atoms with E-state index in [1.54, 1.807) is 18.2 Å². The Balaban J connectivity index is 1.97. The van der Waals surface area contributed by atoms with E-state index in [2.05, 4.69) is 11.9 Å². The van der Waals surface area contributed by atoms with Gasteiger partial charge in [0.05, 0.1) is 4.92 Å². The Morgan fingerprint density at radius 1 is 1.23 bits per heavy atom. The molecule has 0 radical (unpaired) electrons. The van der Waals surface area contributed by atoms with Crippen molar-refractivity contribution in [2.75, 3.05) is 5.32 Å². The molecule has 1 amide bonds. The fraction of sp³-hybridized carbons (Fsp3) is 0.0526. The second-order valence-electron chi connectivity index (χ2n) is 5.54. The molecule has 3 rings (SSSR count). The number of nitro benzene ring substituents is 1. The number of amides is 1. The third-order valence-corrected chi connectivity index (χ3v) is 3.77. The van der Waals surface area contributed by atoms with Crippen LogP contribution in [0, 0.1) is 10.1 Å². The van der Waals surface area contributed by atoms with E-state index in [-0.39, 0.29) is 16.9 Å². The van der Waals surface area contributed by atoms with Crippen molar-refractivity contribution in [2.45, 2.75) is 6.42 Å². The number of fused-ring (bicyclic) bond motifs is 1. The lowest BCUT2D eigenvalue weighted by atomic mass is 10.1. The molecule has 0 spiro atoms. The molecule has 2 aromatic carbocycles. The van der Waals surface area contributed by atoms with Crippen molar-refractivity contribution in [3.8, 4) is 0 Å². The normalized spacial score (nSPS) is 10.5. The average Bonchev–Trinajstić information content (AvgIpc) is 2.62. The van der Waals surface area contributed by atoms with Crippen LogP contribution in [0.25, 0.3) is 11.0 Å². The van der Waals surface area contributed by atoms with Gasteiger partial charge >= 0.3 is 5.63 Å². The number of para-hydroxylation sites is 1. The second-order valence-corrected chi connectivity index (χ2v) is 5.54. The van der Waals surface area contributed by atoms with Gasteiger partial charge in [-0.05, 0) is 24.1 Å². The molecule has 0 unspecified atom stereocenters. The SMILES string of the molecule is C=CCc1cccc2cc(C(=O)Nc3cccc([N+](=O)[O-])c3)c(=O)oc12. The number of hydrogen-bond donors (Lipinski definition) is 1. The van der Waals surface area contributed by atoms with Gasteiger partial charge in [0, 0.05) is 23.2 Å². The van der Waals surface area contributed by atoms with Crippen LogP contribution in [0.1, 0.15) is 15.9 Å².